The van der Waals surface area contributed by atoms with Crippen LogP contribution in [-0.2, 0) is 42.0 Å². The first kappa shape index (κ1) is 30.1. The van der Waals surface area contributed by atoms with Crippen molar-refractivity contribution in [3.63, 3.8) is 0 Å². The molecule has 2 aromatic rings. The van der Waals surface area contributed by atoms with E-state index in [9.17, 15) is 14.4 Å². The summed E-state index contributed by atoms with van der Waals surface area (Å²) >= 11 is 0. The van der Waals surface area contributed by atoms with E-state index in [0.29, 0.717) is 57.2 Å². The van der Waals surface area contributed by atoms with Crippen molar-refractivity contribution in [3.8, 4) is 0 Å². The summed E-state index contributed by atoms with van der Waals surface area (Å²) in [5, 5.41) is 2.91. The highest BCUT2D eigenvalue weighted by Gasteiger charge is 2.52. The highest BCUT2D eigenvalue weighted by molar-refractivity contribution is 6.06. The molecule has 0 saturated carbocycles. The number of ether oxygens (including phenoxy) is 4. The Balaban J connectivity index is 1.25. The number of rotatable bonds is 11. The Bertz CT molecular complexity index is 1320. The van der Waals surface area contributed by atoms with Crippen LogP contribution in [0, 0.1) is 0 Å². The molecule has 0 bridgehead atoms. The van der Waals surface area contributed by atoms with Gasteiger partial charge < -0.3 is 29.2 Å². The molecule has 2 aromatic heterocycles. The fraction of sp³-hybridized carbons (Fsp3) is 0.500. The third-order valence-corrected chi connectivity index (χ3v) is 6.80. The van der Waals surface area contributed by atoms with Gasteiger partial charge in [-0.3, -0.25) is 9.78 Å². The molecule has 0 fully saturated rings. The topological polar surface area (TPSA) is 129 Å². The lowest BCUT2D eigenvalue weighted by molar-refractivity contribution is -0.120. The van der Waals surface area contributed by atoms with Crippen molar-refractivity contribution < 1.29 is 33.3 Å². The lowest BCUT2D eigenvalue weighted by Gasteiger charge is -2.24. The maximum atomic E-state index is 13.1. The molecular weight excluding hydrogens is 528 g/mol. The summed E-state index contributed by atoms with van der Waals surface area (Å²) in [5.74, 6) is 0.0161. The lowest BCUT2D eigenvalue weighted by atomic mass is 9.79. The van der Waals surface area contributed by atoms with Crippen molar-refractivity contribution in [2.75, 3.05) is 51.9 Å². The standard InChI is InChI=1S/C30H38N4O7/c1-6-40-26(35)22-15-21-16-30(17-24(21)31-19-22)23-14-20(18-32-25(23)33-27(30)36)8-7-10-38-12-13-39-11-9-34(5)28(37)41-29(2,3)4/h7-8,14-15,18-19H,6,9-13,16-17H2,1-5H3,(H,32,33,36)/b8-7+/t30-/m0/s1. The molecule has 0 aromatic carbocycles. The van der Waals surface area contributed by atoms with Crippen LogP contribution < -0.4 is 5.32 Å². The molecule has 1 aliphatic heterocycles. The molecule has 2 amide bonds. The van der Waals surface area contributed by atoms with Crippen LogP contribution in [0.15, 0.2) is 30.6 Å². The summed E-state index contributed by atoms with van der Waals surface area (Å²) in [6.07, 6.45) is 7.49. The fourth-order valence-electron chi connectivity index (χ4n) is 4.78. The van der Waals surface area contributed by atoms with E-state index in [2.05, 4.69) is 15.3 Å². The third kappa shape index (κ3) is 7.28. The van der Waals surface area contributed by atoms with Crippen LogP contribution in [0.5, 0.6) is 0 Å². The lowest BCUT2D eigenvalue weighted by Crippen LogP contribution is -2.36. The van der Waals surface area contributed by atoms with Gasteiger partial charge in [0.05, 0.1) is 44.0 Å². The molecule has 2 aliphatic rings. The van der Waals surface area contributed by atoms with E-state index in [-0.39, 0.29) is 18.6 Å². The first-order valence-corrected chi connectivity index (χ1v) is 13.8. The minimum atomic E-state index is -0.805. The van der Waals surface area contributed by atoms with Crippen LogP contribution in [-0.4, -0.2) is 85.1 Å². The van der Waals surface area contributed by atoms with Gasteiger partial charge in [-0.15, -0.1) is 0 Å². The maximum Gasteiger partial charge on any atom is 0.410 e. The maximum absolute atomic E-state index is 13.1. The normalized spacial score (nSPS) is 17.4. The van der Waals surface area contributed by atoms with Crippen LogP contribution in [0.25, 0.3) is 6.08 Å². The van der Waals surface area contributed by atoms with Crippen molar-refractivity contribution >= 4 is 29.9 Å². The predicted octanol–water partition coefficient (Wildman–Crippen LogP) is 3.56. The summed E-state index contributed by atoms with van der Waals surface area (Å²) in [7, 11) is 1.67. The van der Waals surface area contributed by atoms with Gasteiger partial charge in [0.15, 0.2) is 0 Å². The van der Waals surface area contributed by atoms with E-state index in [0.717, 1.165) is 22.4 Å². The molecule has 41 heavy (non-hydrogen) atoms. The van der Waals surface area contributed by atoms with Gasteiger partial charge in [0.25, 0.3) is 0 Å². The molecule has 220 valence electrons. The zero-order valence-electron chi connectivity index (χ0n) is 24.3. The monoisotopic (exact) mass is 566 g/mol. The number of carbonyl (C=O) groups is 3. The number of nitrogens with one attached hydrogen (secondary N) is 1. The van der Waals surface area contributed by atoms with Gasteiger partial charge >= 0.3 is 12.1 Å². The van der Waals surface area contributed by atoms with Crippen molar-refractivity contribution in [2.45, 2.75) is 51.6 Å². The van der Waals surface area contributed by atoms with Crippen LogP contribution >= 0.6 is 0 Å². The van der Waals surface area contributed by atoms with E-state index in [4.69, 9.17) is 18.9 Å². The quantitative estimate of drug-likeness (QED) is 0.321. The molecule has 1 aliphatic carbocycles. The van der Waals surface area contributed by atoms with Gasteiger partial charge in [-0.2, -0.15) is 0 Å². The zero-order chi connectivity index (χ0) is 29.6. The minimum absolute atomic E-state index is 0.113. The Morgan fingerprint density at radius 2 is 1.88 bits per heavy atom. The van der Waals surface area contributed by atoms with Crippen LogP contribution in [0.2, 0.25) is 0 Å². The first-order chi connectivity index (χ1) is 19.5. The van der Waals surface area contributed by atoms with Crippen molar-refractivity contribution in [1.29, 1.82) is 0 Å². The number of esters is 1. The van der Waals surface area contributed by atoms with E-state index in [1.807, 2.05) is 39.0 Å². The molecule has 0 unspecified atom stereocenters. The van der Waals surface area contributed by atoms with E-state index in [1.54, 1.807) is 26.2 Å². The Morgan fingerprint density at radius 3 is 2.63 bits per heavy atom. The number of anilines is 1. The number of amides is 2. The molecule has 3 heterocycles. The number of fused-ring (bicyclic) bond motifs is 3. The van der Waals surface area contributed by atoms with Gasteiger partial charge in [0.1, 0.15) is 11.4 Å². The Hall–Kier alpha value is -3.83. The van der Waals surface area contributed by atoms with E-state index < -0.39 is 17.0 Å². The third-order valence-electron chi connectivity index (χ3n) is 6.80. The van der Waals surface area contributed by atoms with Gasteiger partial charge in [-0.05, 0) is 57.4 Å². The smallest absolute Gasteiger partial charge is 0.410 e. The molecular formula is C30H38N4O7. The number of nitrogens with zero attached hydrogens (tertiary/aromatic N) is 3. The van der Waals surface area contributed by atoms with Crippen LogP contribution in [0.3, 0.4) is 0 Å². The second-order valence-electron chi connectivity index (χ2n) is 11.1. The highest BCUT2D eigenvalue weighted by Crippen LogP contribution is 2.46. The minimum Gasteiger partial charge on any atom is -0.462 e. The Labute approximate surface area is 240 Å². The molecule has 1 atom stereocenters. The number of hydrogen-bond acceptors (Lipinski definition) is 9. The average Bonchev–Trinajstić information content (AvgIpc) is 3.43. The SMILES string of the molecule is CCOC(=O)c1cnc2c(c1)C[C@@]1(C2)C(=O)Nc2ncc(/C=C/COCCOCCN(C)C(=O)OC(C)(C)C)cc21. The summed E-state index contributed by atoms with van der Waals surface area (Å²) < 4.78 is 21.6. The number of aromatic nitrogens is 2. The summed E-state index contributed by atoms with van der Waals surface area (Å²) in [6.45, 7) is 9.52. The Kier molecular flexibility index (Phi) is 9.39. The number of hydrogen-bond donors (Lipinski definition) is 1. The predicted molar refractivity (Wildman–Crippen MR) is 152 cm³/mol. The van der Waals surface area contributed by atoms with Crippen molar-refractivity contribution in [1.82, 2.24) is 14.9 Å². The number of carbonyl (C=O) groups excluding carboxylic acids is 3. The summed E-state index contributed by atoms with van der Waals surface area (Å²) in [6, 6.07) is 3.75. The van der Waals surface area contributed by atoms with Gasteiger partial charge in [0, 0.05) is 43.7 Å². The number of likely N-dealkylation sites (N-methyl/N-ethyl adjacent to an activating group) is 1. The first-order valence-electron chi connectivity index (χ1n) is 13.8. The zero-order valence-corrected chi connectivity index (χ0v) is 24.3. The summed E-state index contributed by atoms with van der Waals surface area (Å²) in [5.41, 5.74) is 2.39. The van der Waals surface area contributed by atoms with Gasteiger partial charge in [0.2, 0.25) is 5.91 Å². The highest BCUT2D eigenvalue weighted by atomic mass is 16.6. The fourth-order valence-corrected chi connectivity index (χ4v) is 4.78. The van der Waals surface area contributed by atoms with Gasteiger partial charge in [-0.25, -0.2) is 14.6 Å². The van der Waals surface area contributed by atoms with Crippen molar-refractivity contribution in [2.24, 2.45) is 0 Å². The van der Waals surface area contributed by atoms with Crippen LogP contribution in [0.4, 0.5) is 10.6 Å². The molecule has 4 rings (SSSR count). The van der Waals surface area contributed by atoms with E-state index >= 15 is 0 Å². The Morgan fingerprint density at radius 1 is 1.10 bits per heavy atom. The molecule has 1 spiro atoms. The van der Waals surface area contributed by atoms with Gasteiger partial charge in [-0.1, -0.05) is 12.2 Å². The van der Waals surface area contributed by atoms with Crippen molar-refractivity contribution in [3.05, 3.63) is 58.6 Å². The van der Waals surface area contributed by atoms with Crippen LogP contribution in [0.1, 0.15) is 60.4 Å². The summed E-state index contributed by atoms with van der Waals surface area (Å²) in [4.78, 5) is 47.7. The largest absolute Gasteiger partial charge is 0.462 e. The van der Waals surface area contributed by atoms with E-state index in [1.165, 1.54) is 11.1 Å². The average molecular weight is 567 g/mol. The molecule has 1 N–H and O–H groups in total. The second kappa shape index (κ2) is 12.8. The second-order valence-corrected chi connectivity index (χ2v) is 11.1. The molecule has 11 heteroatoms. The molecule has 0 saturated heterocycles. The number of pyridine rings is 2. The molecule has 11 nitrogen and oxygen atoms in total. The molecule has 0 radical (unpaired) electrons.